The largest absolute Gasteiger partial charge is 0.497 e. The van der Waals surface area contributed by atoms with Gasteiger partial charge in [0.15, 0.2) is 9.84 Å². The third kappa shape index (κ3) is 4.89. The second-order valence-corrected chi connectivity index (χ2v) is 8.65. The van der Waals surface area contributed by atoms with Gasteiger partial charge in [0.05, 0.1) is 17.6 Å². The van der Waals surface area contributed by atoms with Crippen LogP contribution in [0.4, 0.5) is 0 Å². The van der Waals surface area contributed by atoms with Crippen molar-refractivity contribution in [1.82, 2.24) is 5.32 Å². The van der Waals surface area contributed by atoms with Gasteiger partial charge in [-0.15, -0.1) is 0 Å². The molecule has 21 heavy (non-hydrogen) atoms. The summed E-state index contributed by atoms with van der Waals surface area (Å²) in [5, 5.41) is 3.05. The van der Waals surface area contributed by atoms with Gasteiger partial charge in [-0.1, -0.05) is 0 Å². The van der Waals surface area contributed by atoms with Crippen LogP contribution in [0.3, 0.4) is 0 Å². The zero-order valence-electron chi connectivity index (χ0n) is 13.4. The molecule has 5 nitrogen and oxygen atoms in total. The van der Waals surface area contributed by atoms with Gasteiger partial charge < -0.3 is 14.8 Å². The van der Waals surface area contributed by atoms with Crippen LogP contribution in [0.1, 0.15) is 26.3 Å². The average Bonchev–Trinajstić information content (AvgIpc) is 2.39. The first-order valence-corrected chi connectivity index (χ1v) is 8.53. The minimum Gasteiger partial charge on any atom is -0.497 e. The first-order chi connectivity index (χ1) is 9.71. The number of benzene rings is 1. The molecule has 0 fully saturated rings. The normalized spacial score (nSPS) is 12.2. The Kier molecular flexibility index (Phi) is 6.04. The zero-order valence-corrected chi connectivity index (χ0v) is 14.2. The number of nitrogens with one attached hydrogen (secondary N) is 1. The van der Waals surface area contributed by atoms with E-state index >= 15 is 0 Å². The van der Waals surface area contributed by atoms with Gasteiger partial charge in [0.1, 0.15) is 18.1 Å². The van der Waals surface area contributed by atoms with E-state index in [1.165, 1.54) is 0 Å². The molecule has 0 saturated heterocycles. The molecule has 1 N–H and O–H groups in total. The summed E-state index contributed by atoms with van der Waals surface area (Å²) >= 11 is 0. The molecule has 0 radical (unpaired) electrons. The Morgan fingerprint density at radius 2 is 1.90 bits per heavy atom. The number of ether oxygens (including phenoxy) is 2. The summed E-state index contributed by atoms with van der Waals surface area (Å²) in [5.41, 5.74) is 0.935. The summed E-state index contributed by atoms with van der Waals surface area (Å²) < 4.78 is 34.1. The molecule has 1 aromatic rings. The summed E-state index contributed by atoms with van der Waals surface area (Å²) in [4.78, 5) is 0. The molecule has 0 aliphatic heterocycles. The Bertz CT molecular complexity index is 562. The second kappa shape index (κ2) is 7.13. The highest BCUT2D eigenvalue weighted by atomic mass is 32.2. The van der Waals surface area contributed by atoms with Crippen molar-refractivity contribution in [2.24, 2.45) is 0 Å². The molecule has 0 aliphatic carbocycles. The highest BCUT2D eigenvalue weighted by molar-refractivity contribution is 7.92. The maximum atomic E-state index is 12.0. The van der Waals surface area contributed by atoms with Crippen LogP contribution in [0.5, 0.6) is 11.5 Å². The molecule has 0 aromatic heterocycles. The third-order valence-electron chi connectivity index (χ3n) is 3.18. The molecule has 0 aliphatic rings. The summed E-state index contributed by atoms with van der Waals surface area (Å²) in [6, 6.07) is 5.48. The van der Waals surface area contributed by atoms with Gasteiger partial charge in [-0.3, -0.25) is 0 Å². The van der Waals surface area contributed by atoms with E-state index in [9.17, 15) is 8.42 Å². The van der Waals surface area contributed by atoms with Crippen LogP contribution in [0.15, 0.2) is 18.2 Å². The Morgan fingerprint density at radius 3 is 2.43 bits per heavy atom. The van der Waals surface area contributed by atoms with Gasteiger partial charge >= 0.3 is 0 Å². The lowest BCUT2D eigenvalue weighted by atomic mass is 10.2. The van der Waals surface area contributed by atoms with E-state index in [4.69, 9.17) is 9.47 Å². The molecule has 0 atom stereocenters. The smallest absolute Gasteiger partial charge is 0.158 e. The first kappa shape index (κ1) is 17.8. The highest BCUT2D eigenvalue weighted by Gasteiger charge is 2.28. The fourth-order valence-corrected chi connectivity index (χ4v) is 2.63. The lowest BCUT2D eigenvalue weighted by Gasteiger charge is -2.19. The number of sulfone groups is 1. The van der Waals surface area contributed by atoms with E-state index in [1.807, 2.05) is 13.1 Å². The van der Waals surface area contributed by atoms with Crippen LogP contribution >= 0.6 is 0 Å². The Labute approximate surface area is 127 Å². The van der Waals surface area contributed by atoms with Crippen molar-refractivity contribution in [3.63, 3.8) is 0 Å². The van der Waals surface area contributed by atoms with Gasteiger partial charge in [-0.05, 0) is 46.0 Å². The van der Waals surface area contributed by atoms with E-state index in [0.29, 0.717) is 12.3 Å². The maximum Gasteiger partial charge on any atom is 0.158 e. The predicted molar refractivity (Wildman–Crippen MR) is 84.8 cm³/mol. The van der Waals surface area contributed by atoms with Crippen LogP contribution in [-0.4, -0.2) is 39.7 Å². The molecule has 0 saturated carbocycles. The molecule has 0 heterocycles. The topological polar surface area (TPSA) is 64.6 Å². The van der Waals surface area contributed by atoms with Gasteiger partial charge in [0.2, 0.25) is 0 Å². The summed E-state index contributed by atoms with van der Waals surface area (Å²) in [5.74, 6) is 1.42. The van der Waals surface area contributed by atoms with Crippen LogP contribution in [0.2, 0.25) is 0 Å². The molecular formula is C15H25NO4S. The molecule has 0 unspecified atom stereocenters. The lowest BCUT2D eigenvalue weighted by Crippen LogP contribution is -2.32. The van der Waals surface area contributed by atoms with Crippen molar-refractivity contribution < 1.29 is 17.9 Å². The van der Waals surface area contributed by atoms with Gasteiger partial charge in [0, 0.05) is 12.1 Å². The van der Waals surface area contributed by atoms with E-state index < -0.39 is 14.6 Å². The summed E-state index contributed by atoms with van der Waals surface area (Å²) in [6.07, 6.45) is 0. The van der Waals surface area contributed by atoms with Gasteiger partial charge in [-0.2, -0.15) is 0 Å². The molecular weight excluding hydrogens is 290 g/mol. The fourth-order valence-electron chi connectivity index (χ4n) is 1.72. The standard InChI is InChI=1S/C15H25NO4S/c1-15(2,3)21(17,18)9-8-20-14-7-6-13(19-5)10-12(14)11-16-4/h6-7,10,16H,8-9,11H2,1-5H3. The highest BCUT2D eigenvalue weighted by Crippen LogP contribution is 2.24. The van der Waals surface area contributed by atoms with Crippen molar-refractivity contribution in [3.05, 3.63) is 23.8 Å². The molecule has 0 bridgehead atoms. The number of rotatable bonds is 7. The minimum atomic E-state index is -3.17. The van der Waals surface area contributed by atoms with Crippen LogP contribution in [-0.2, 0) is 16.4 Å². The van der Waals surface area contributed by atoms with Crippen LogP contribution in [0.25, 0.3) is 0 Å². The van der Waals surface area contributed by atoms with Crippen LogP contribution in [0, 0.1) is 0 Å². The zero-order chi connectivity index (χ0) is 16.1. The third-order valence-corrected chi connectivity index (χ3v) is 5.75. The molecule has 0 amide bonds. The van der Waals surface area contributed by atoms with Gasteiger partial charge in [0.25, 0.3) is 0 Å². The molecule has 6 heteroatoms. The number of hydrogen-bond donors (Lipinski definition) is 1. The summed E-state index contributed by atoms with van der Waals surface area (Å²) in [7, 11) is 0.276. The van der Waals surface area contributed by atoms with E-state index in [2.05, 4.69) is 5.32 Å². The lowest BCUT2D eigenvalue weighted by molar-refractivity contribution is 0.334. The van der Waals surface area contributed by atoms with Crippen molar-refractivity contribution in [2.75, 3.05) is 26.5 Å². The molecule has 1 aromatic carbocycles. The quantitative estimate of drug-likeness (QED) is 0.834. The van der Waals surface area contributed by atoms with E-state index in [0.717, 1.165) is 11.3 Å². The SMILES string of the molecule is CNCc1cc(OC)ccc1OCCS(=O)(=O)C(C)(C)C. The predicted octanol–water partition coefficient (Wildman–Crippen LogP) is 2.01. The van der Waals surface area contributed by atoms with E-state index in [1.54, 1.807) is 40.0 Å². The van der Waals surface area contributed by atoms with Crippen molar-refractivity contribution in [3.8, 4) is 11.5 Å². The summed E-state index contributed by atoms with van der Waals surface area (Å²) in [6.45, 7) is 5.85. The number of hydrogen-bond acceptors (Lipinski definition) is 5. The fraction of sp³-hybridized carbons (Fsp3) is 0.600. The van der Waals surface area contributed by atoms with Crippen molar-refractivity contribution >= 4 is 9.84 Å². The molecule has 1 rings (SSSR count). The maximum absolute atomic E-state index is 12.0. The van der Waals surface area contributed by atoms with Gasteiger partial charge in [-0.25, -0.2) is 8.42 Å². The van der Waals surface area contributed by atoms with Crippen LogP contribution < -0.4 is 14.8 Å². The number of methoxy groups -OCH3 is 1. The van der Waals surface area contributed by atoms with Crippen molar-refractivity contribution in [1.29, 1.82) is 0 Å². The monoisotopic (exact) mass is 315 g/mol. The second-order valence-electron chi connectivity index (χ2n) is 5.78. The minimum absolute atomic E-state index is 0.00151. The first-order valence-electron chi connectivity index (χ1n) is 6.88. The Balaban J connectivity index is 2.76. The van der Waals surface area contributed by atoms with Crippen molar-refractivity contribution in [2.45, 2.75) is 32.1 Å². The Morgan fingerprint density at radius 1 is 1.24 bits per heavy atom. The molecule has 0 spiro atoms. The Hall–Kier alpha value is -1.27. The molecule has 120 valence electrons. The van der Waals surface area contributed by atoms with E-state index in [-0.39, 0.29) is 12.4 Å². The average molecular weight is 315 g/mol.